The molecule has 0 saturated heterocycles. The molecule has 0 spiro atoms. The number of aryl methyl sites for hydroxylation is 1. The minimum absolute atomic E-state index is 0.130. The van der Waals surface area contributed by atoms with Gasteiger partial charge >= 0.3 is 0 Å². The molecule has 0 radical (unpaired) electrons. The molecule has 120 valence electrons. The lowest BCUT2D eigenvalue weighted by Gasteiger charge is -2.01. The van der Waals surface area contributed by atoms with Crippen LogP contribution in [0.1, 0.15) is 36.3 Å². The van der Waals surface area contributed by atoms with Gasteiger partial charge in [-0.3, -0.25) is 4.79 Å². The number of furan rings is 1. The molecule has 2 atom stereocenters. The molecule has 1 N–H and O–H groups in total. The van der Waals surface area contributed by atoms with Gasteiger partial charge in [-0.25, -0.2) is 5.43 Å². The van der Waals surface area contributed by atoms with Gasteiger partial charge in [0.1, 0.15) is 11.5 Å². The molecule has 1 heterocycles. The first-order valence-electron chi connectivity index (χ1n) is 7.73. The zero-order chi connectivity index (χ0) is 16.2. The lowest BCUT2D eigenvalue weighted by molar-refractivity contribution is -0.118. The molecule has 4 nitrogen and oxygen atoms in total. The van der Waals surface area contributed by atoms with Crippen molar-refractivity contribution in [2.45, 2.75) is 31.1 Å². The van der Waals surface area contributed by atoms with Gasteiger partial charge in [0.15, 0.2) is 0 Å². The number of rotatable bonds is 6. The van der Waals surface area contributed by atoms with E-state index in [1.54, 1.807) is 6.21 Å². The molecule has 1 saturated carbocycles. The first-order chi connectivity index (χ1) is 11.1. The summed E-state index contributed by atoms with van der Waals surface area (Å²) in [5.74, 6) is 3.16. The molecule has 1 aliphatic rings. The molecule has 23 heavy (non-hydrogen) atoms. The van der Waals surface area contributed by atoms with E-state index in [2.05, 4.69) is 17.5 Å². The van der Waals surface area contributed by atoms with Gasteiger partial charge in [0, 0.05) is 10.8 Å². The van der Waals surface area contributed by atoms with E-state index in [4.69, 9.17) is 4.42 Å². The monoisotopic (exact) mass is 328 g/mol. The van der Waals surface area contributed by atoms with Gasteiger partial charge < -0.3 is 4.42 Å². The number of hydrogen-bond donors (Lipinski definition) is 1. The van der Waals surface area contributed by atoms with Crippen molar-refractivity contribution in [1.82, 2.24) is 5.43 Å². The number of nitrogens with zero attached hydrogens (tertiary/aromatic N) is 1. The van der Waals surface area contributed by atoms with Crippen molar-refractivity contribution in [3.8, 4) is 0 Å². The highest BCUT2D eigenvalue weighted by atomic mass is 32.2. The zero-order valence-electron chi connectivity index (χ0n) is 13.3. The van der Waals surface area contributed by atoms with Crippen LogP contribution in [0.25, 0.3) is 0 Å². The smallest absolute Gasteiger partial charge is 0.250 e. The predicted molar refractivity (Wildman–Crippen MR) is 92.9 cm³/mol. The fraction of sp³-hybridized carbons (Fsp3) is 0.333. The third kappa shape index (κ3) is 4.48. The maximum atomic E-state index is 11.8. The second kappa shape index (κ2) is 7.04. The van der Waals surface area contributed by atoms with Crippen LogP contribution in [-0.4, -0.2) is 17.9 Å². The summed E-state index contributed by atoms with van der Waals surface area (Å²) >= 11 is 1.49. The lowest BCUT2D eigenvalue weighted by Crippen LogP contribution is -2.19. The molecular weight excluding hydrogens is 308 g/mol. The van der Waals surface area contributed by atoms with E-state index in [9.17, 15) is 4.79 Å². The van der Waals surface area contributed by atoms with Crippen LogP contribution in [0.4, 0.5) is 0 Å². The molecule has 1 amide bonds. The molecule has 1 aliphatic carbocycles. The highest BCUT2D eigenvalue weighted by Gasteiger charge is 2.36. The summed E-state index contributed by atoms with van der Waals surface area (Å²) in [6.07, 6.45) is 2.74. The van der Waals surface area contributed by atoms with E-state index in [1.165, 1.54) is 23.7 Å². The minimum atomic E-state index is -0.130. The van der Waals surface area contributed by atoms with Crippen LogP contribution in [0.15, 0.2) is 50.8 Å². The number of benzene rings is 1. The molecule has 0 unspecified atom stereocenters. The minimum Gasteiger partial charge on any atom is -0.460 e. The topological polar surface area (TPSA) is 54.6 Å². The van der Waals surface area contributed by atoms with Gasteiger partial charge in [-0.2, -0.15) is 5.10 Å². The largest absolute Gasteiger partial charge is 0.460 e. The Hall–Kier alpha value is -2.01. The van der Waals surface area contributed by atoms with Crippen molar-refractivity contribution in [2.24, 2.45) is 11.0 Å². The van der Waals surface area contributed by atoms with Gasteiger partial charge in [0.2, 0.25) is 5.91 Å². The van der Waals surface area contributed by atoms with Crippen molar-refractivity contribution in [1.29, 1.82) is 0 Å². The molecule has 0 bridgehead atoms. The number of amides is 1. The van der Waals surface area contributed by atoms with Crippen molar-refractivity contribution in [3.63, 3.8) is 0 Å². The van der Waals surface area contributed by atoms with Gasteiger partial charge in [0.25, 0.3) is 0 Å². The molecular formula is C18H20N2O2S. The highest BCUT2D eigenvalue weighted by molar-refractivity contribution is 8.00. The standard InChI is InChI=1S/C18H20N2O2S/c1-12-3-6-15(7-4-12)23-11-18(21)20-19-10-14-5-8-17(22-14)16-9-13(16)2/h3-8,10,13,16H,9,11H2,1-2H3,(H,20,21)/b19-10-/t13-,16+/m0/s1. The fourth-order valence-electron chi connectivity index (χ4n) is 2.34. The second-order valence-corrected chi connectivity index (χ2v) is 7.00. The summed E-state index contributed by atoms with van der Waals surface area (Å²) in [4.78, 5) is 12.8. The number of thioether (sulfide) groups is 1. The number of carbonyl (C=O) groups is 1. The maximum Gasteiger partial charge on any atom is 0.250 e. The zero-order valence-corrected chi connectivity index (χ0v) is 14.1. The Morgan fingerprint density at radius 1 is 1.35 bits per heavy atom. The highest BCUT2D eigenvalue weighted by Crippen LogP contribution is 2.47. The summed E-state index contributed by atoms with van der Waals surface area (Å²) < 4.78 is 5.69. The third-order valence-corrected chi connectivity index (χ3v) is 4.91. The van der Waals surface area contributed by atoms with Crippen LogP contribution < -0.4 is 5.43 Å². The van der Waals surface area contributed by atoms with Gasteiger partial charge in [0.05, 0.1) is 12.0 Å². The predicted octanol–water partition coefficient (Wildman–Crippen LogP) is 3.95. The summed E-state index contributed by atoms with van der Waals surface area (Å²) in [5.41, 5.74) is 3.74. The van der Waals surface area contributed by atoms with Gasteiger partial charge in [-0.1, -0.05) is 24.6 Å². The van der Waals surface area contributed by atoms with Crippen LogP contribution in [0.2, 0.25) is 0 Å². The Kier molecular flexibility index (Phi) is 4.86. The van der Waals surface area contributed by atoms with E-state index >= 15 is 0 Å². The quantitative estimate of drug-likeness (QED) is 0.496. The van der Waals surface area contributed by atoms with Crippen LogP contribution in [0, 0.1) is 12.8 Å². The van der Waals surface area contributed by atoms with Crippen molar-refractivity contribution in [3.05, 3.63) is 53.5 Å². The van der Waals surface area contributed by atoms with Gasteiger partial charge in [-0.05, 0) is 43.5 Å². The molecule has 0 aliphatic heterocycles. The Balaban J connectivity index is 1.43. The average Bonchev–Trinajstić information content (AvgIpc) is 3.08. The molecule has 1 fully saturated rings. The van der Waals surface area contributed by atoms with E-state index in [0.29, 0.717) is 23.3 Å². The van der Waals surface area contributed by atoms with Crippen molar-refractivity contribution >= 4 is 23.9 Å². The van der Waals surface area contributed by atoms with Crippen LogP contribution in [0.3, 0.4) is 0 Å². The second-order valence-electron chi connectivity index (χ2n) is 5.95. The maximum absolute atomic E-state index is 11.8. The Morgan fingerprint density at radius 3 is 2.78 bits per heavy atom. The van der Waals surface area contributed by atoms with Crippen LogP contribution >= 0.6 is 11.8 Å². The Morgan fingerprint density at radius 2 is 2.09 bits per heavy atom. The first-order valence-corrected chi connectivity index (χ1v) is 8.71. The van der Waals surface area contributed by atoms with E-state index in [-0.39, 0.29) is 5.91 Å². The average molecular weight is 328 g/mol. The van der Waals surface area contributed by atoms with E-state index in [1.807, 2.05) is 43.3 Å². The number of hydrazone groups is 1. The van der Waals surface area contributed by atoms with Gasteiger partial charge in [-0.15, -0.1) is 11.8 Å². The van der Waals surface area contributed by atoms with E-state index < -0.39 is 0 Å². The molecule has 2 aromatic rings. The lowest BCUT2D eigenvalue weighted by atomic mass is 10.2. The first kappa shape index (κ1) is 15.9. The number of nitrogens with one attached hydrogen (secondary N) is 1. The Labute approximate surface area is 140 Å². The molecule has 5 heteroatoms. The number of carbonyl (C=O) groups excluding carboxylic acids is 1. The van der Waals surface area contributed by atoms with Crippen molar-refractivity contribution < 1.29 is 9.21 Å². The van der Waals surface area contributed by atoms with E-state index in [0.717, 1.165) is 10.7 Å². The third-order valence-electron chi connectivity index (χ3n) is 3.89. The SMILES string of the molecule is Cc1ccc(SCC(=O)N/N=C\c2ccc([C@@H]3C[C@@H]3C)o2)cc1. The summed E-state index contributed by atoms with van der Waals surface area (Å²) in [6, 6.07) is 12.0. The normalized spacial score (nSPS) is 19.9. The molecule has 3 rings (SSSR count). The van der Waals surface area contributed by atoms with Crippen molar-refractivity contribution in [2.75, 3.05) is 5.75 Å². The Bertz CT molecular complexity index is 706. The molecule has 1 aromatic heterocycles. The molecule has 1 aromatic carbocycles. The fourth-order valence-corrected chi connectivity index (χ4v) is 3.03. The van der Waals surface area contributed by atoms with Crippen LogP contribution in [-0.2, 0) is 4.79 Å². The summed E-state index contributed by atoms with van der Waals surface area (Å²) in [6.45, 7) is 4.26. The van der Waals surface area contributed by atoms with Crippen LogP contribution in [0.5, 0.6) is 0 Å². The summed E-state index contributed by atoms with van der Waals surface area (Å²) in [5, 5.41) is 3.95. The number of hydrogen-bond acceptors (Lipinski definition) is 4. The summed E-state index contributed by atoms with van der Waals surface area (Å²) in [7, 11) is 0.